The third-order valence-electron chi connectivity index (χ3n) is 2.16. The van der Waals surface area contributed by atoms with Crippen molar-refractivity contribution in [3.8, 4) is 0 Å². The summed E-state index contributed by atoms with van der Waals surface area (Å²) >= 11 is 0. The van der Waals surface area contributed by atoms with Gasteiger partial charge in [-0.05, 0) is 20.5 Å². The molecule has 0 atom stereocenters. The first-order chi connectivity index (χ1) is 7.93. The summed E-state index contributed by atoms with van der Waals surface area (Å²) in [5.41, 5.74) is 0.525. The molecule has 0 unspecified atom stereocenters. The third-order valence-corrected chi connectivity index (χ3v) is 3.65. The molecule has 6 nitrogen and oxygen atoms in total. The van der Waals surface area contributed by atoms with Gasteiger partial charge in [-0.2, -0.15) is 5.10 Å². The highest BCUT2D eigenvalue weighted by molar-refractivity contribution is 7.92. The van der Waals surface area contributed by atoms with Crippen molar-refractivity contribution in [2.24, 2.45) is 0 Å². The summed E-state index contributed by atoms with van der Waals surface area (Å²) < 4.78 is 27.3. The van der Waals surface area contributed by atoms with E-state index in [1.165, 1.54) is 6.20 Å². The van der Waals surface area contributed by atoms with E-state index in [0.717, 1.165) is 13.1 Å². The van der Waals surface area contributed by atoms with Gasteiger partial charge in [-0.25, -0.2) is 8.42 Å². The van der Waals surface area contributed by atoms with E-state index >= 15 is 0 Å². The molecule has 0 fully saturated rings. The Bertz CT molecular complexity index is 439. The van der Waals surface area contributed by atoms with Crippen molar-refractivity contribution in [2.45, 2.75) is 19.9 Å². The van der Waals surface area contributed by atoms with Crippen molar-refractivity contribution >= 4 is 15.7 Å². The van der Waals surface area contributed by atoms with E-state index in [1.807, 2.05) is 25.9 Å². The number of sulfonamides is 1. The SMILES string of the molecule is CCCS(=O)(=O)Nc1cnn(CCN(C)C)c1. The molecule has 0 bridgehead atoms. The number of nitrogens with zero attached hydrogens (tertiary/aromatic N) is 3. The van der Waals surface area contributed by atoms with Crippen LogP contribution in [0.2, 0.25) is 0 Å². The Morgan fingerprint density at radius 3 is 2.76 bits per heavy atom. The van der Waals surface area contributed by atoms with Gasteiger partial charge in [0.05, 0.1) is 24.2 Å². The first kappa shape index (κ1) is 14.0. The Morgan fingerprint density at radius 1 is 1.47 bits per heavy atom. The van der Waals surface area contributed by atoms with Crippen LogP contribution in [0.4, 0.5) is 5.69 Å². The van der Waals surface area contributed by atoms with Crippen molar-refractivity contribution in [1.82, 2.24) is 14.7 Å². The molecule has 0 amide bonds. The summed E-state index contributed by atoms with van der Waals surface area (Å²) in [6, 6.07) is 0. The van der Waals surface area contributed by atoms with Crippen LogP contribution in [0.3, 0.4) is 0 Å². The van der Waals surface area contributed by atoms with Crippen LogP contribution < -0.4 is 4.72 Å². The van der Waals surface area contributed by atoms with E-state index in [-0.39, 0.29) is 5.75 Å². The second-order valence-corrected chi connectivity index (χ2v) is 6.06. The van der Waals surface area contributed by atoms with Crippen molar-refractivity contribution < 1.29 is 8.42 Å². The Morgan fingerprint density at radius 2 is 2.18 bits per heavy atom. The molecule has 0 radical (unpaired) electrons. The second-order valence-electron chi connectivity index (χ2n) is 4.22. The first-order valence-electron chi connectivity index (χ1n) is 5.60. The number of anilines is 1. The van der Waals surface area contributed by atoms with Gasteiger partial charge in [0.2, 0.25) is 10.0 Å². The van der Waals surface area contributed by atoms with Gasteiger partial charge in [-0.3, -0.25) is 9.40 Å². The van der Waals surface area contributed by atoms with Gasteiger partial charge in [0.1, 0.15) is 0 Å². The molecule has 17 heavy (non-hydrogen) atoms. The molecule has 98 valence electrons. The largest absolute Gasteiger partial charge is 0.308 e. The predicted molar refractivity (Wildman–Crippen MR) is 68.5 cm³/mol. The number of likely N-dealkylation sites (N-methyl/N-ethyl adjacent to an activating group) is 1. The number of aromatic nitrogens is 2. The van der Waals surface area contributed by atoms with Crippen LogP contribution >= 0.6 is 0 Å². The summed E-state index contributed by atoms with van der Waals surface area (Å²) in [5, 5.41) is 4.10. The molecule has 0 saturated carbocycles. The van der Waals surface area contributed by atoms with Gasteiger partial charge in [0.25, 0.3) is 0 Å². The zero-order chi connectivity index (χ0) is 12.9. The highest BCUT2D eigenvalue weighted by Crippen LogP contribution is 2.08. The highest BCUT2D eigenvalue weighted by atomic mass is 32.2. The highest BCUT2D eigenvalue weighted by Gasteiger charge is 2.09. The standard InChI is InChI=1S/C10H20N4O2S/c1-4-7-17(15,16)12-10-8-11-14(9-10)6-5-13(2)3/h8-9,12H,4-7H2,1-3H3. The lowest BCUT2D eigenvalue weighted by atomic mass is 10.5. The lowest BCUT2D eigenvalue weighted by Gasteiger charge is -2.08. The molecular weight excluding hydrogens is 240 g/mol. The fourth-order valence-corrected chi connectivity index (χ4v) is 2.44. The zero-order valence-electron chi connectivity index (χ0n) is 10.5. The average molecular weight is 260 g/mol. The van der Waals surface area contributed by atoms with Crippen LogP contribution in [0.1, 0.15) is 13.3 Å². The second kappa shape index (κ2) is 6.02. The van der Waals surface area contributed by atoms with Gasteiger partial charge in [-0.1, -0.05) is 6.92 Å². The molecule has 1 rings (SSSR count). The number of hydrogen-bond donors (Lipinski definition) is 1. The summed E-state index contributed by atoms with van der Waals surface area (Å²) in [7, 11) is 0.745. The van der Waals surface area contributed by atoms with Gasteiger partial charge in [0, 0.05) is 12.7 Å². The number of hydrogen-bond acceptors (Lipinski definition) is 4. The van der Waals surface area contributed by atoms with Gasteiger partial charge in [0.15, 0.2) is 0 Å². The van der Waals surface area contributed by atoms with Gasteiger partial charge >= 0.3 is 0 Å². The Hall–Kier alpha value is -1.08. The van der Waals surface area contributed by atoms with Crippen molar-refractivity contribution in [2.75, 3.05) is 31.1 Å². The summed E-state index contributed by atoms with van der Waals surface area (Å²) in [4.78, 5) is 2.04. The van der Waals surface area contributed by atoms with Crippen molar-refractivity contribution in [3.63, 3.8) is 0 Å². The molecule has 7 heteroatoms. The molecule has 1 N–H and O–H groups in total. The molecule has 0 aliphatic heterocycles. The third kappa shape index (κ3) is 5.18. The maximum atomic E-state index is 11.5. The van der Waals surface area contributed by atoms with E-state index in [1.54, 1.807) is 10.9 Å². The van der Waals surface area contributed by atoms with E-state index in [0.29, 0.717) is 12.1 Å². The quantitative estimate of drug-likeness (QED) is 0.779. The summed E-state index contributed by atoms with van der Waals surface area (Å²) in [6.45, 7) is 3.44. The lowest BCUT2D eigenvalue weighted by Crippen LogP contribution is -2.18. The fraction of sp³-hybridized carbons (Fsp3) is 0.700. The van der Waals surface area contributed by atoms with E-state index in [4.69, 9.17) is 0 Å². The Labute approximate surface area is 103 Å². The molecule has 1 heterocycles. The maximum absolute atomic E-state index is 11.5. The van der Waals surface area contributed by atoms with Crippen LogP contribution in [-0.2, 0) is 16.6 Å². The molecule has 0 aromatic carbocycles. The molecule has 0 aliphatic rings. The van der Waals surface area contributed by atoms with Gasteiger partial charge in [-0.15, -0.1) is 0 Å². The predicted octanol–water partition coefficient (Wildman–Crippen LogP) is 0.596. The van der Waals surface area contributed by atoms with Crippen LogP contribution in [-0.4, -0.2) is 49.5 Å². The Balaban J connectivity index is 2.57. The molecule has 1 aromatic rings. The topological polar surface area (TPSA) is 67.2 Å². The van der Waals surface area contributed by atoms with E-state index in [9.17, 15) is 8.42 Å². The normalized spacial score (nSPS) is 12.0. The van der Waals surface area contributed by atoms with Gasteiger partial charge < -0.3 is 4.90 Å². The van der Waals surface area contributed by atoms with Crippen LogP contribution in [0.5, 0.6) is 0 Å². The Kier molecular flexibility index (Phi) is 4.95. The molecule has 0 spiro atoms. The number of nitrogens with one attached hydrogen (secondary N) is 1. The smallest absolute Gasteiger partial charge is 0.232 e. The minimum absolute atomic E-state index is 0.135. The lowest BCUT2D eigenvalue weighted by molar-refractivity contribution is 0.373. The summed E-state index contributed by atoms with van der Waals surface area (Å²) in [5.74, 6) is 0.135. The van der Waals surface area contributed by atoms with Crippen LogP contribution in [0, 0.1) is 0 Å². The zero-order valence-corrected chi connectivity index (χ0v) is 11.4. The monoisotopic (exact) mass is 260 g/mol. The van der Waals surface area contributed by atoms with E-state index in [2.05, 4.69) is 9.82 Å². The van der Waals surface area contributed by atoms with Crippen molar-refractivity contribution in [3.05, 3.63) is 12.4 Å². The minimum Gasteiger partial charge on any atom is -0.308 e. The first-order valence-corrected chi connectivity index (χ1v) is 7.26. The average Bonchev–Trinajstić information content (AvgIpc) is 2.61. The molecular formula is C10H20N4O2S. The van der Waals surface area contributed by atoms with E-state index < -0.39 is 10.0 Å². The molecule has 0 saturated heterocycles. The van der Waals surface area contributed by atoms with Crippen molar-refractivity contribution in [1.29, 1.82) is 0 Å². The fourth-order valence-electron chi connectivity index (χ4n) is 1.34. The van der Waals surface area contributed by atoms with Crippen LogP contribution in [0.15, 0.2) is 12.4 Å². The summed E-state index contributed by atoms with van der Waals surface area (Å²) in [6.07, 6.45) is 3.84. The number of rotatable bonds is 7. The molecule has 1 aromatic heterocycles. The maximum Gasteiger partial charge on any atom is 0.232 e. The van der Waals surface area contributed by atoms with Crippen LogP contribution in [0.25, 0.3) is 0 Å². The molecule has 0 aliphatic carbocycles. The minimum atomic E-state index is -3.22.